The maximum atomic E-state index is 9.08. The molecule has 1 atom stereocenters. The summed E-state index contributed by atoms with van der Waals surface area (Å²) in [5.74, 6) is 0. The number of hydrogen-bond acceptors (Lipinski definition) is 5. The van der Waals surface area contributed by atoms with Crippen molar-refractivity contribution in [2.75, 3.05) is 19.7 Å². The number of morpholine rings is 1. The van der Waals surface area contributed by atoms with Crippen LogP contribution in [0.1, 0.15) is 27.9 Å². The number of rotatable bonds is 4. The van der Waals surface area contributed by atoms with E-state index in [1.165, 1.54) is 5.56 Å². The van der Waals surface area contributed by atoms with Crippen LogP contribution in [-0.4, -0.2) is 34.7 Å². The van der Waals surface area contributed by atoms with Crippen molar-refractivity contribution in [3.63, 3.8) is 0 Å². The molecule has 0 aliphatic carbocycles. The SMILES string of the molecule is Cc1csc(C2CN(Cc3ccc(CO)cc3)CCO2)n1. The van der Waals surface area contributed by atoms with E-state index in [1.807, 2.05) is 19.1 Å². The molecule has 1 saturated heterocycles. The number of aryl methyl sites for hydroxylation is 1. The van der Waals surface area contributed by atoms with Gasteiger partial charge in [0.05, 0.1) is 13.2 Å². The van der Waals surface area contributed by atoms with Gasteiger partial charge >= 0.3 is 0 Å². The number of aromatic nitrogens is 1. The van der Waals surface area contributed by atoms with Crippen molar-refractivity contribution >= 4 is 11.3 Å². The molecule has 5 heteroatoms. The van der Waals surface area contributed by atoms with E-state index in [0.29, 0.717) is 0 Å². The first-order chi connectivity index (χ1) is 10.2. The second kappa shape index (κ2) is 6.66. The Kier molecular flexibility index (Phi) is 4.65. The number of thiazole rings is 1. The Morgan fingerprint density at radius 1 is 1.33 bits per heavy atom. The average molecular weight is 304 g/mol. The topological polar surface area (TPSA) is 45.6 Å². The Bertz CT molecular complexity index is 582. The summed E-state index contributed by atoms with van der Waals surface area (Å²) in [5, 5.41) is 12.2. The Morgan fingerprint density at radius 2 is 2.10 bits per heavy atom. The molecule has 0 amide bonds. The standard InChI is InChI=1S/C16H20N2O2S/c1-12-11-21-16(17-12)15-9-18(6-7-20-15)8-13-2-4-14(10-19)5-3-13/h2-5,11,15,19H,6-10H2,1H3. The monoisotopic (exact) mass is 304 g/mol. The molecule has 1 fully saturated rings. The van der Waals surface area contributed by atoms with Crippen LogP contribution in [-0.2, 0) is 17.9 Å². The predicted octanol–water partition coefficient (Wildman–Crippen LogP) is 2.52. The lowest BCUT2D eigenvalue weighted by Gasteiger charge is -2.32. The molecule has 1 aromatic heterocycles. The molecule has 3 rings (SSSR count). The minimum absolute atomic E-state index is 0.0918. The quantitative estimate of drug-likeness (QED) is 0.943. The van der Waals surface area contributed by atoms with Crippen LogP contribution in [0.25, 0.3) is 0 Å². The van der Waals surface area contributed by atoms with Crippen molar-refractivity contribution in [3.8, 4) is 0 Å². The van der Waals surface area contributed by atoms with Crippen LogP contribution in [0.15, 0.2) is 29.6 Å². The molecule has 112 valence electrons. The molecule has 21 heavy (non-hydrogen) atoms. The van der Waals surface area contributed by atoms with Crippen molar-refractivity contribution in [2.45, 2.75) is 26.2 Å². The first kappa shape index (κ1) is 14.7. The zero-order valence-electron chi connectivity index (χ0n) is 12.2. The lowest BCUT2D eigenvalue weighted by atomic mass is 10.1. The van der Waals surface area contributed by atoms with Crippen LogP contribution < -0.4 is 0 Å². The second-order valence-corrected chi connectivity index (χ2v) is 6.29. The highest BCUT2D eigenvalue weighted by molar-refractivity contribution is 7.09. The second-order valence-electron chi connectivity index (χ2n) is 5.40. The van der Waals surface area contributed by atoms with Crippen LogP contribution in [0, 0.1) is 6.92 Å². The summed E-state index contributed by atoms with van der Waals surface area (Å²) in [4.78, 5) is 6.94. The summed E-state index contributed by atoms with van der Waals surface area (Å²) in [6.07, 6.45) is 0.0918. The molecule has 1 N–H and O–H groups in total. The average Bonchev–Trinajstić information content (AvgIpc) is 2.95. The van der Waals surface area contributed by atoms with E-state index >= 15 is 0 Å². The number of nitrogens with zero attached hydrogens (tertiary/aromatic N) is 2. The van der Waals surface area contributed by atoms with Crippen LogP contribution >= 0.6 is 11.3 Å². The summed E-state index contributed by atoms with van der Waals surface area (Å²) >= 11 is 1.68. The van der Waals surface area contributed by atoms with Gasteiger partial charge in [0.2, 0.25) is 0 Å². The Morgan fingerprint density at radius 3 is 2.76 bits per heavy atom. The van der Waals surface area contributed by atoms with Crippen molar-refractivity contribution in [2.24, 2.45) is 0 Å². The summed E-state index contributed by atoms with van der Waals surface area (Å²) in [7, 11) is 0. The normalized spacial score (nSPS) is 19.8. The highest BCUT2D eigenvalue weighted by Crippen LogP contribution is 2.26. The summed E-state index contributed by atoms with van der Waals surface area (Å²) in [5.41, 5.74) is 3.29. The molecule has 1 aromatic carbocycles. The van der Waals surface area contributed by atoms with Crippen LogP contribution in [0.4, 0.5) is 0 Å². The number of aliphatic hydroxyl groups is 1. The fourth-order valence-corrected chi connectivity index (χ4v) is 3.36. The third-order valence-electron chi connectivity index (χ3n) is 3.67. The van der Waals surface area contributed by atoms with E-state index in [-0.39, 0.29) is 12.7 Å². The van der Waals surface area contributed by atoms with Gasteiger partial charge in [-0.25, -0.2) is 4.98 Å². The van der Waals surface area contributed by atoms with Gasteiger partial charge in [0.1, 0.15) is 11.1 Å². The molecule has 1 aliphatic heterocycles. The largest absolute Gasteiger partial charge is 0.392 e. The molecular weight excluding hydrogens is 284 g/mol. The van der Waals surface area contributed by atoms with E-state index in [4.69, 9.17) is 9.84 Å². The van der Waals surface area contributed by atoms with Crippen LogP contribution in [0.3, 0.4) is 0 Å². The zero-order chi connectivity index (χ0) is 14.7. The van der Waals surface area contributed by atoms with Gasteiger partial charge in [-0.1, -0.05) is 24.3 Å². The molecule has 0 radical (unpaired) electrons. The van der Waals surface area contributed by atoms with E-state index in [1.54, 1.807) is 11.3 Å². The third kappa shape index (κ3) is 3.68. The minimum Gasteiger partial charge on any atom is -0.392 e. The first-order valence-corrected chi connectivity index (χ1v) is 8.07. The fraction of sp³-hybridized carbons (Fsp3) is 0.438. The van der Waals surface area contributed by atoms with Gasteiger partial charge in [-0.3, -0.25) is 4.90 Å². The number of hydrogen-bond donors (Lipinski definition) is 1. The maximum Gasteiger partial charge on any atom is 0.123 e. The third-order valence-corrected chi connectivity index (χ3v) is 4.73. The molecule has 0 saturated carbocycles. The van der Waals surface area contributed by atoms with Gasteiger partial charge in [0.25, 0.3) is 0 Å². The highest BCUT2D eigenvalue weighted by Gasteiger charge is 2.24. The lowest BCUT2D eigenvalue weighted by molar-refractivity contribution is -0.0330. The van der Waals surface area contributed by atoms with Crippen molar-refractivity contribution in [1.29, 1.82) is 0 Å². The summed E-state index contributed by atoms with van der Waals surface area (Å²) in [6, 6.07) is 8.14. The van der Waals surface area contributed by atoms with Crippen LogP contribution in [0.2, 0.25) is 0 Å². The van der Waals surface area contributed by atoms with E-state index in [0.717, 1.165) is 42.5 Å². The molecule has 2 heterocycles. The molecular formula is C16H20N2O2S. The van der Waals surface area contributed by atoms with Gasteiger partial charge in [-0.05, 0) is 18.1 Å². The minimum atomic E-state index is 0.0918. The summed E-state index contributed by atoms with van der Waals surface area (Å²) < 4.78 is 5.85. The maximum absolute atomic E-state index is 9.08. The number of aliphatic hydroxyl groups excluding tert-OH is 1. The number of benzene rings is 1. The van der Waals surface area contributed by atoms with E-state index in [9.17, 15) is 0 Å². The van der Waals surface area contributed by atoms with E-state index in [2.05, 4.69) is 27.4 Å². The number of ether oxygens (including phenoxy) is 1. The molecule has 0 spiro atoms. The first-order valence-electron chi connectivity index (χ1n) is 7.19. The molecule has 0 bridgehead atoms. The summed E-state index contributed by atoms with van der Waals surface area (Å²) in [6.45, 7) is 5.61. The molecule has 1 unspecified atom stereocenters. The lowest BCUT2D eigenvalue weighted by Crippen LogP contribution is -2.37. The van der Waals surface area contributed by atoms with Gasteiger partial charge in [-0.2, -0.15) is 0 Å². The Labute approximate surface area is 129 Å². The van der Waals surface area contributed by atoms with Crippen molar-refractivity contribution in [1.82, 2.24) is 9.88 Å². The Hall–Kier alpha value is -1.27. The van der Waals surface area contributed by atoms with Gasteiger partial charge in [0.15, 0.2) is 0 Å². The van der Waals surface area contributed by atoms with Crippen LogP contribution in [0.5, 0.6) is 0 Å². The molecule has 1 aliphatic rings. The fourth-order valence-electron chi connectivity index (χ4n) is 2.52. The van der Waals surface area contributed by atoms with Crippen molar-refractivity contribution < 1.29 is 9.84 Å². The molecule has 2 aromatic rings. The Balaban J connectivity index is 1.62. The smallest absolute Gasteiger partial charge is 0.123 e. The van der Waals surface area contributed by atoms with E-state index < -0.39 is 0 Å². The highest BCUT2D eigenvalue weighted by atomic mass is 32.1. The zero-order valence-corrected chi connectivity index (χ0v) is 13.0. The van der Waals surface area contributed by atoms with Gasteiger partial charge < -0.3 is 9.84 Å². The predicted molar refractivity (Wildman–Crippen MR) is 83.2 cm³/mol. The molecule has 4 nitrogen and oxygen atoms in total. The van der Waals surface area contributed by atoms with Gasteiger partial charge in [0, 0.05) is 30.7 Å². The van der Waals surface area contributed by atoms with Crippen molar-refractivity contribution in [3.05, 3.63) is 51.5 Å². The van der Waals surface area contributed by atoms with Gasteiger partial charge in [-0.15, -0.1) is 11.3 Å².